The zero-order valence-corrected chi connectivity index (χ0v) is 11.1. The van der Waals surface area contributed by atoms with Crippen molar-refractivity contribution >= 4 is 12.1 Å². The molecule has 1 aromatic rings. The van der Waals surface area contributed by atoms with Crippen LogP contribution in [0.3, 0.4) is 0 Å². The maximum atomic E-state index is 11.0. The van der Waals surface area contributed by atoms with E-state index in [0.717, 1.165) is 11.3 Å². The van der Waals surface area contributed by atoms with Crippen molar-refractivity contribution in [2.24, 2.45) is 11.0 Å². The predicted octanol–water partition coefficient (Wildman–Crippen LogP) is 2.09. The Labute approximate surface area is 112 Å². The number of benzene rings is 1. The lowest BCUT2D eigenvalue weighted by molar-refractivity contribution is -0.120. The number of ether oxygens (including phenoxy) is 1. The monoisotopic (exact) mass is 259 g/mol. The summed E-state index contributed by atoms with van der Waals surface area (Å²) in [4.78, 5) is 11.0. The Morgan fingerprint density at radius 3 is 2.74 bits per heavy atom. The van der Waals surface area contributed by atoms with Gasteiger partial charge in [-0.2, -0.15) is 10.4 Å². The number of carbonyl (C=O) groups excluding carboxylic acids is 1. The van der Waals surface area contributed by atoms with Gasteiger partial charge in [-0.3, -0.25) is 4.79 Å². The summed E-state index contributed by atoms with van der Waals surface area (Å²) in [5, 5.41) is 12.0. The number of hydrazone groups is 1. The Morgan fingerprint density at radius 2 is 2.16 bits per heavy atom. The van der Waals surface area contributed by atoms with Gasteiger partial charge in [0.05, 0.1) is 18.9 Å². The van der Waals surface area contributed by atoms with Crippen LogP contribution in [0.25, 0.3) is 0 Å². The third-order valence-corrected chi connectivity index (χ3v) is 2.11. The lowest BCUT2D eigenvalue weighted by atomic mass is 10.2. The van der Waals surface area contributed by atoms with Crippen LogP contribution < -0.4 is 10.2 Å². The molecule has 5 heteroatoms. The van der Waals surface area contributed by atoms with Crippen LogP contribution in [0.1, 0.15) is 25.8 Å². The Kier molecular flexibility index (Phi) is 6.10. The average Bonchev–Trinajstić information content (AvgIpc) is 2.38. The molecule has 0 radical (unpaired) electrons. The molecule has 5 nitrogen and oxygen atoms in total. The normalized spacial score (nSPS) is 10.4. The Bertz CT molecular complexity index is 472. The number of hydrogen-bond acceptors (Lipinski definition) is 4. The largest absolute Gasteiger partial charge is 0.493 e. The van der Waals surface area contributed by atoms with Crippen LogP contribution in [-0.4, -0.2) is 18.7 Å². The molecule has 1 amide bonds. The van der Waals surface area contributed by atoms with E-state index in [4.69, 9.17) is 10.00 Å². The zero-order valence-electron chi connectivity index (χ0n) is 11.1. The molecule has 0 saturated carbocycles. The molecule has 0 aromatic heterocycles. The van der Waals surface area contributed by atoms with Crippen LogP contribution in [-0.2, 0) is 4.79 Å². The van der Waals surface area contributed by atoms with E-state index in [2.05, 4.69) is 24.4 Å². The van der Waals surface area contributed by atoms with Gasteiger partial charge in [-0.15, -0.1) is 0 Å². The molecule has 19 heavy (non-hydrogen) atoms. The van der Waals surface area contributed by atoms with Crippen LogP contribution in [0.5, 0.6) is 5.75 Å². The smallest absolute Gasteiger partial charge is 0.254 e. The topological polar surface area (TPSA) is 74.5 Å². The molecule has 0 heterocycles. The second-order valence-electron chi connectivity index (χ2n) is 4.40. The van der Waals surface area contributed by atoms with E-state index in [0.29, 0.717) is 12.5 Å². The van der Waals surface area contributed by atoms with Gasteiger partial charge in [-0.25, -0.2) is 5.43 Å². The number of rotatable bonds is 6. The predicted molar refractivity (Wildman–Crippen MR) is 72.7 cm³/mol. The number of nitriles is 1. The number of amides is 1. The molecule has 100 valence electrons. The van der Waals surface area contributed by atoms with E-state index in [9.17, 15) is 4.79 Å². The van der Waals surface area contributed by atoms with Gasteiger partial charge in [-0.1, -0.05) is 13.8 Å². The lowest BCUT2D eigenvalue weighted by Gasteiger charge is -2.08. The molecule has 0 unspecified atom stereocenters. The van der Waals surface area contributed by atoms with Gasteiger partial charge in [0.1, 0.15) is 12.2 Å². The number of nitrogens with zero attached hydrogens (tertiary/aromatic N) is 2. The van der Waals surface area contributed by atoms with Crippen molar-refractivity contribution < 1.29 is 9.53 Å². The van der Waals surface area contributed by atoms with Crippen molar-refractivity contribution in [2.45, 2.75) is 20.3 Å². The summed E-state index contributed by atoms with van der Waals surface area (Å²) >= 11 is 0. The third-order valence-electron chi connectivity index (χ3n) is 2.11. The standard InChI is InChI=1S/C14H17N3O2/c1-11(2)10-19-13-5-3-12(4-6-13)9-16-17-14(18)7-8-15/h3-6,9,11H,7,10H2,1-2H3,(H,17,18)/b16-9+. The van der Waals surface area contributed by atoms with Crippen LogP contribution >= 0.6 is 0 Å². The zero-order chi connectivity index (χ0) is 14.1. The fourth-order valence-corrected chi connectivity index (χ4v) is 1.20. The van der Waals surface area contributed by atoms with Crippen molar-refractivity contribution in [3.05, 3.63) is 29.8 Å². The SMILES string of the molecule is CC(C)COc1ccc(/C=N/NC(=O)CC#N)cc1. The molecule has 0 fully saturated rings. The first-order valence-electron chi connectivity index (χ1n) is 6.03. The summed E-state index contributed by atoms with van der Waals surface area (Å²) in [6, 6.07) is 9.13. The minimum absolute atomic E-state index is 0.195. The van der Waals surface area contributed by atoms with E-state index >= 15 is 0 Å². The van der Waals surface area contributed by atoms with E-state index in [1.807, 2.05) is 24.3 Å². The lowest BCUT2D eigenvalue weighted by Crippen LogP contribution is -2.16. The molecule has 0 spiro atoms. The van der Waals surface area contributed by atoms with Crippen LogP contribution in [0.15, 0.2) is 29.4 Å². The highest BCUT2D eigenvalue weighted by Crippen LogP contribution is 2.12. The van der Waals surface area contributed by atoms with Crippen molar-refractivity contribution in [1.29, 1.82) is 5.26 Å². The molecular formula is C14H17N3O2. The van der Waals surface area contributed by atoms with E-state index in [1.165, 1.54) is 6.21 Å². The highest BCUT2D eigenvalue weighted by atomic mass is 16.5. The van der Waals surface area contributed by atoms with Crippen LogP contribution in [0.2, 0.25) is 0 Å². The summed E-state index contributed by atoms with van der Waals surface area (Å²) in [6.07, 6.45) is 1.32. The number of carbonyl (C=O) groups is 1. The highest BCUT2D eigenvalue weighted by molar-refractivity contribution is 5.83. The van der Waals surface area contributed by atoms with Crippen molar-refractivity contribution in [2.75, 3.05) is 6.61 Å². The summed E-state index contributed by atoms with van der Waals surface area (Å²) in [6.45, 7) is 4.85. The first kappa shape index (κ1) is 14.7. The van der Waals surface area contributed by atoms with Gasteiger partial charge in [0.25, 0.3) is 5.91 Å². The van der Waals surface area contributed by atoms with Gasteiger partial charge >= 0.3 is 0 Å². The number of hydrogen-bond donors (Lipinski definition) is 1. The highest BCUT2D eigenvalue weighted by Gasteiger charge is 1.98. The van der Waals surface area contributed by atoms with Crippen LogP contribution in [0, 0.1) is 17.2 Å². The Balaban J connectivity index is 2.46. The van der Waals surface area contributed by atoms with Crippen molar-refractivity contribution in [3.8, 4) is 11.8 Å². The van der Waals surface area contributed by atoms with Crippen LogP contribution in [0.4, 0.5) is 0 Å². The van der Waals surface area contributed by atoms with E-state index in [1.54, 1.807) is 6.07 Å². The molecule has 0 saturated heterocycles. The van der Waals surface area contributed by atoms with Gasteiger partial charge in [-0.05, 0) is 35.7 Å². The molecular weight excluding hydrogens is 242 g/mol. The molecule has 0 aliphatic carbocycles. The second-order valence-corrected chi connectivity index (χ2v) is 4.40. The Morgan fingerprint density at radius 1 is 1.47 bits per heavy atom. The molecule has 0 atom stereocenters. The maximum Gasteiger partial charge on any atom is 0.254 e. The fourth-order valence-electron chi connectivity index (χ4n) is 1.20. The second kappa shape index (κ2) is 7.88. The molecule has 1 rings (SSSR count). The van der Waals surface area contributed by atoms with Gasteiger partial charge in [0.2, 0.25) is 0 Å². The Hall–Kier alpha value is -2.35. The third kappa shape index (κ3) is 6.22. The quantitative estimate of drug-likeness (QED) is 0.628. The minimum Gasteiger partial charge on any atom is -0.493 e. The fraction of sp³-hybridized carbons (Fsp3) is 0.357. The summed E-state index contributed by atoms with van der Waals surface area (Å²) in [5.41, 5.74) is 3.11. The molecule has 0 aliphatic heterocycles. The molecule has 0 aliphatic rings. The minimum atomic E-state index is -0.421. The maximum absolute atomic E-state index is 11.0. The van der Waals surface area contributed by atoms with Gasteiger partial charge < -0.3 is 4.74 Å². The summed E-state index contributed by atoms with van der Waals surface area (Å²) < 4.78 is 5.55. The average molecular weight is 259 g/mol. The van der Waals surface area contributed by atoms with Crippen molar-refractivity contribution in [1.82, 2.24) is 5.43 Å². The molecule has 0 bridgehead atoms. The van der Waals surface area contributed by atoms with E-state index in [-0.39, 0.29) is 6.42 Å². The van der Waals surface area contributed by atoms with Crippen molar-refractivity contribution in [3.63, 3.8) is 0 Å². The van der Waals surface area contributed by atoms with E-state index < -0.39 is 5.91 Å². The van der Waals surface area contributed by atoms with Gasteiger partial charge in [0, 0.05) is 0 Å². The first-order valence-corrected chi connectivity index (χ1v) is 6.03. The summed E-state index contributed by atoms with van der Waals surface area (Å²) in [7, 11) is 0. The number of nitrogens with one attached hydrogen (secondary N) is 1. The molecule has 1 N–H and O–H groups in total. The van der Waals surface area contributed by atoms with Gasteiger partial charge in [0.15, 0.2) is 0 Å². The first-order chi connectivity index (χ1) is 9.11. The summed E-state index contributed by atoms with van der Waals surface area (Å²) in [5.74, 6) is 0.867. The molecule has 1 aromatic carbocycles.